The van der Waals surface area contributed by atoms with E-state index >= 15 is 0 Å². The number of alkyl halides is 1. The Bertz CT molecular complexity index is 563. The van der Waals surface area contributed by atoms with E-state index in [0.717, 1.165) is 5.56 Å². The first-order valence-corrected chi connectivity index (χ1v) is 6.26. The first-order valence-electron chi connectivity index (χ1n) is 5.82. The fraction of sp³-hybridized carbons (Fsp3) is 0.214. The van der Waals surface area contributed by atoms with E-state index in [-0.39, 0.29) is 22.9 Å². The molecule has 1 N–H and O–H groups in total. The highest BCUT2D eigenvalue weighted by Crippen LogP contribution is 2.21. The standard InChI is InChI=1S/C14H13ClFNO2/c1-9(15)12-6-7-13(19-12)14(18)17-8-10-2-4-11(16)5-3-10/h2-7,9H,8H2,1H3,(H,17,18). The monoisotopic (exact) mass is 281 g/mol. The Balaban J connectivity index is 1.95. The molecule has 5 heteroatoms. The number of carbonyl (C=O) groups is 1. The van der Waals surface area contributed by atoms with Crippen LogP contribution in [0.15, 0.2) is 40.8 Å². The Hall–Kier alpha value is -1.81. The summed E-state index contributed by atoms with van der Waals surface area (Å²) in [4.78, 5) is 11.8. The minimum absolute atomic E-state index is 0.213. The van der Waals surface area contributed by atoms with Gasteiger partial charge in [-0.2, -0.15) is 0 Å². The van der Waals surface area contributed by atoms with Crippen LogP contribution in [0.2, 0.25) is 0 Å². The number of carbonyl (C=O) groups excluding carboxylic acids is 1. The third-order valence-electron chi connectivity index (χ3n) is 2.61. The van der Waals surface area contributed by atoms with Crippen molar-refractivity contribution in [1.82, 2.24) is 5.32 Å². The van der Waals surface area contributed by atoms with Gasteiger partial charge in [-0.25, -0.2) is 4.39 Å². The molecular formula is C14H13ClFNO2. The van der Waals surface area contributed by atoms with Crippen LogP contribution in [0.1, 0.15) is 34.2 Å². The molecule has 1 aromatic carbocycles. The van der Waals surface area contributed by atoms with Crippen molar-refractivity contribution in [3.63, 3.8) is 0 Å². The molecule has 0 radical (unpaired) electrons. The Morgan fingerprint density at radius 2 is 2.00 bits per heavy atom. The SMILES string of the molecule is CC(Cl)c1ccc(C(=O)NCc2ccc(F)cc2)o1. The molecule has 0 bridgehead atoms. The maximum Gasteiger partial charge on any atom is 0.287 e. The van der Waals surface area contributed by atoms with Crippen LogP contribution in [0.25, 0.3) is 0 Å². The van der Waals surface area contributed by atoms with Gasteiger partial charge < -0.3 is 9.73 Å². The van der Waals surface area contributed by atoms with E-state index in [4.69, 9.17) is 16.0 Å². The first kappa shape index (κ1) is 13.6. The normalized spacial score (nSPS) is 12.2. The lowest BCUT2D eigenvalue weighted by Gasteiger charge is -2.03. The number of benzene rings is 1. The van der Waals surface area contributed by atoms with E-state index in [1.54, 1.807) is 31.2 Å². The molecule has 1 atom stereocenters. The lowest BCUT2D eigenvalue weighted by Crippen LogP contribution is -2.22. The lowest BCUT2D eigenvalue weighted by molar-refractivity contribution is 0.0921. The highest BCUT2D eigenvalue weighted by atomic mass is 35.5. The van der Waals surface area contributed by atoms with Gasteiger partial charge in [0.25, 0.3) is 5.91 Å². The quantitative estimate of drug-likeness (QED) is 0.869. The second-order valence-corrected chi connectivity index (χ2v) is 4.78. The van der Waals surface area contributed by atoms with Gasteiger partial charge in [-0.3, -0.25) is 4.79 Å². The van der Waals surface area contributed by atoms with Crippen molar-refractivity contribution < 1.29 is 13.6 Å². The molecule has 0 aliphatic rings. The van der Waals surface area contributed by atoms with Crippen LogP contribution in [0, 0.1) is 5.82 Å². The molecule has 1 aromatic heterocycles. The molecule has 3 nitrogen and oxygen atoms in total. The summed E-state index contributed by atoms with van der Waals surface area (Å²) in [5, 5.41) is 2.41. The minimum Gasteiger partial charge on any atom is -0.454 e. The van der Waals surface area contributed by atoms with E-state index in [1.807, 2.05) is 0 Å². The second kappa shape index (κ2) is 5.89. The highest BCUT2D eigenvalue weighted by Gasteiger charge is 2.13. The molecule has 2 rings (SSSR count). The fourth-order valence-corrected chi connectivity index (χ4v) is 1.68. The summed E-state index contributed by atoms with van der Waals surface area (Å²) in [5.74, 6) is 0.132. The number of amides is 1. The molecule has 19 heavy (non-hydrogen) atoms. The number of hydrogen-bond acceptors (Lipinski definition) is 2. The largest absolute Gasteiger partial charge is 0.454 e. The smallest absolute Gasteiger partial charge is 0.287 e. The van der Waals surface area contributed by atoms with Crippen LogP contribution in [-0.4, -0.2) is 5.91 Å². The van der Waals surface area contributed by atoms with E-state index in [1.165, 1.54) is 12.1 Å². The van der Waals surface area contributed by atoms with Crippen LogP contribution in [0.4, 0.5) is 4.39 Å². The predicted molar refractivity (Wildman–Crippen MR) is 70.5 cm³/mol. The summed E-state index contributed by atoms with van der Waals surface area (Å²) in [7, 11) is 0. The topological polar surface area (TPSA) is 42.2 Å². The van der Waals surface area contributed by atoms with Crippen molar-refractivity contribution in [2.45, 2.75) is 18.8 Å². The number of halogens is 2. The predicted octanol–water partition coefficient (Wildman–Crippen LogP) is 3.65. The summed E-state index contributed by atoms with van der Waals surface area (Å²) in [6.45, 7) is 2.08. The Labute approximate surface area is 115 Å². The molecule has 1 amide bonds. The van der Waals surface area contributed by atoms with E-state index in [2.05, 4.69) is 5.32 Å². The van der Waals surface area contributed by atoms with Gasteiger partial charge in [-0.05, 0) is 36.8 Å². The van der Waals surface area contributed by atoms with Gasteiger partial charge in [0.05, 0.1) is 5.38 Å². The molecule has 100 valence electrons. The van der Waals surface area contributed by atoms with E-state index < -0.39 is 0 Å². The second-order valence-electron chi connectivity index (χ2n) is 4.13. The molecule has 1 heterocycles. The van der Waals surface area contributed by atoms with Crippen molar-refractivity contribution in [1.29, 1.82) is 0 Å². The summed E-state index contributed by atoms with van der Waals surface area (Å²) < 4.78 is 18.0. The van der Waals surface area contributed by atoms with E-state index in [9.17, 15) is 9.18 Å². The average molecular weight is 282 g/mol. The van der Waals surface area contributed by atoms with Crippen molar-refractivity contribution in [3.05, 3.63) is 59.3 Å². The summed E-state index contributed by atoms with van der Waals surface area (Å²) in [6.07, 6.45) is 0. The third kappa shape index (κ3) is 3.58. The highest BCUT2D eigenvalue weighted by molar-refractivity contribution is 6.20. The Morgan fingerprint density at radius 3 is 2.58 bits per heavy atom. The zero-order valence-electron chi connectivity index (χ0n) is 10.3. The molecular weight excluding hydrogens is 269 g/mol. The van der Waals surface area contributed by atoms with Crippen LogP contribution in [-0.2, 0) is 6.54 Å². The van der Waals surface area contributed by atoms with Crippen molar-refractivity contribution in [2.75, 3.05) is 0 Å². The third-order valence-corrected chi connectivity index (χ3v) is 2.82. The molecule has 0 saturated carbocycles. The zero-order chi connectivity index (χ0) is 13.8. The van der Waals surface area contributed by atoms with Crippen LogP contribution in [0.5, 0.6) is 0 Å². The van der Waals surface area contributed by atoms with Crippen LogP contribution >= 0.6 is 11.6 Å². The molecule has 1 unspecified atom stereocenters. The zero-order valence-corrected chi connectivity index (χ0v) is 11.1. The fourth-order valence-electron chi connectivity index (χ4n) is 1.56. The molecule has 0 aliphatic heterocycles. The Kier molecular flexibility index (Phi) is 4.22. The van der Waals surface area contributed by atoms with Crippen molar-refractivity contribution in [2.24, 2.45) is 0 Å². The van der Waals surface area contributed by atoms with Gasteiger partial charge in [0, 0.05) is 6.54 Å². The van der Waals surface area contributed by atoms with Crippen molar-refractivity contribution >= 4 is 17.5 Å². The molecule has 0 spiro atoms. The molecule has 0 aliphatic carbocycles. The number of rotatable bonds is 4. The Morgan fingerprint density at radius 1 is 1.32 bits per heavy atom. The molecule has 0 saturated heterocycles. The van der Waals surface area contributed by atoms with Gasteiger partial charge in [0.1, 0.15) is 11.6 Å². The average Bonchev–Trinajstić information content (AvgIpc) is 2.87. The van der Waals surface area contributed by atoms with Gasteiger partial charge in [-0.15, -0.1) is 11.6 Å². The maximum absolute atomic E-state index is 12.7. The van der Waals surface area contributed by atoms with Gasteiger partial charge in [0.2, 0.25) is 0 Å². The summed E-state index contributed by atoms with van der Waals surface area (Å²) in [6, 6.07) is 9.18. The number of furan rings is 1. The summed E-state index contributed by atoms with van der Waals surface area (Å²) >= 11 is 5.85. The number of hydrogen-bond donors (Lipinski definition) is 1. The minimum atomic E-state index is -0.326. The van der Waals surface area contributed by atoms with Crippen LogP contribution < -0.4 is 5.32 Å². The van der Waals surface area contributed by atoms with E-state index in [0.29, 0.717) is 12.3 Å². The van der Waals surface area contributed by atoms with Gasteiger partial charge in [-0.1, -0.05) is 12.1 Å². The lowest BCUT2D eigenvalue weighted by atomic mass is 10.2. The molecule has 2 aromatic rings. The molecule has 0 fully saturated rings. The first-order chi connectivity index (χ1) is 9.06. The van der Waals surface area contributed by atoms with Gasteiger partial charge in [0.15, 0.2) is 5.76 Å². The summed E-state index contributed by atoms with van der Waals surface area (Å²) in [5.41, 5.74) is 0.812. The van der Waals surface area contributed by atoms with Crippen molar-refractivity contribution in [3.8, 4) is 0 Å². The van der Waals surface area contributed by atoms with Crippen LogP contribution in [0.3, 0.4) is 0 Å². The maximum atomic E-state index is 12.7. The number of nitrogens with one attached hydrogen (secondary N) is 1. The van der Waals surface area contributed by atoms with Gasteiger partial charge >= 0.3 is 0 Å².